The third kappa shape index (κ3) is 2.96. The molecule has 1 fully saturated rings. The molecule has 2 aromatic heterocycles. The Balaban J connectivity index is 1.78. The van der Waals surface area contributed by atoms with Crippen LogP contribution < -0.4 is 4.90 Å². The summed E-state index contributed by atoms with van der Waals surface area (Å²) in [5.74, 6) is 2.18. The summed E-state index contributed by atoms with van der Waals surface area (Å²) in [7, 11) is 0. The topological polar surface area (TPSA) is 55.1 Å². The molecule has 3 heterocycles. The van der Waals surface area contributed by atoms with E-state index in [1.54, 1.807) is 0 Å². The van der Waals surface area contributed by atoms with E-state index in [0.29, 0.717) is 11.7 Å². The first kappa shape index (κ1) is 13.8. The molecule has 1 aliphatic heterocycles. The van der Waals surface area contributed by atoms with E-state index in [1.165, 1.54) is 19.3 Å². The Labute approximate surface area is 124 Å². The second kappa shape index (κ2) is 6.08. The molecular formula is C16H20N4O. The van der Waals surface area contributed by atoms with Crippen molar-refractivity contribution in [2.24, 2.45) is 0 Å². The maximum absolute atomic E-state index is 5.25. The second-order valence-electron chi connectivity index (χ2n) is 5.35. The Hall–Kier alpha value is -2.17. The monoisotopic (exact) mass is 284 g/mol. The minimum atomic E-state index is 0.563. The molecule has 0 aliphatic carbocycles. The molecule has 0 bridgehead atoms. The van der Waals surface area contributed by atoms with Crippen LogP contribution in [0.1, 0.15) is 39.0 Å². The Morgan fingerprint density at radius 3 is 2.71 bits per heavy atom. The predicted octanol–water partition coefficient (Wildman–Crippen LogP) is 3.55. The number of nitrogens with zero attached hydrogens (tertiary/aromatic N) is 4. The summed E-state index contributed by atoms with van der Waals surface area (Å²) in [4.78, 5) is 11.3. The van der Waals surface area contributed by atoms with E-state index in [-0.39, 0.29) is 0 Å². The fraction of sp³-hybridized carbons (Fsp3) is 0.438. The van der Waals surface area contributed by atoms with Crippen LogP contribution in [0.5, 0.6) is 0 Å². The third-order valence-electron chi connectivity index (χ3n) is 3.88. The van der Waals surface area contributed by atoms with Crippen LogP contribution in [-0.4, -0.2) is 28.2 Å². The van der Waals surface area contributed by atoms with Crippen molar-refractivity contribution in [1.29, 1.82) is 0 Å². The molecule has 5 heteroatoms. The second-order valence-corrected chi connectivity index (χ2v) is 5.35. The van der Waals surface area contributed by atoms with Gasteiger partial charge in [0.15, 0.2) is 0 Å². The highest BCUT2D eigenvalue weighted by Crippen LogP contribution is 2.22. The molecule has 0 aromatic carbocycles. The number of anilines is 1. The van der Waals surface area contributed by atoms with Gasteiger partial charge in [-0.05, 0) is 45.2 Å². The summed E-state index contributed by atoms with van der Waals surface area (Å²) in [6.07, 6.45) is 7.60. The normalized spacial score (nSPS) is 16.3. The molecule has 0 unspecified atom stereocenters. The quantitative estimate of drug-likeness (QED) is 0.862. The van der Waals surface area contributed by atoms with Gasteiger partial charge in [-0.2, -0.15) is 4.98 Å². The van der Waals surface area contributed by atoms with Gasteiger partial charge in [0.05, 0.1) is 0 Å². The minimum absolute atomic E-state index is 0.563. The van der Waals surface area contributed by atoms with Crippen LogP contribution in [0.15, 0.2) is 28.9 Å². The van der Waals surface area contributed by atoms with E-state index in [2.05, 4.69) is 20.0 Å². The van der Waals surface area contributed by atoms with Crippen molar-refractivity contribution in [3.05, 3.63) is 30.3 Å². The molecule has 0 saturated carbocycles. The van der Waals surface area contributed by atoms with Crippen LogP contribution >= 0.6 is 0 Å². The van der Waals surface area contributed by atoms with Crippen molar-refractivity contribution in [3.63, 3.8) is 0 Å². The molecule has 1 saturated heterocycles. The molecule has 0 atom stereocenters. The van der Waals surface area contributed by atoms with Crippen molar-refractivity contribution >= 4 is 11.4 Å². The first-order chi connectivity index (χ1) is 10.3. The lowest BCUT2D eigenvalue weighted by Gasteiger charge is -2.27. The fourth-order valence-electron chi connectivity index (χ4n) is 2.45. The van der Waals surface area contributed by atoms with Crippen molar-refractivity contribution in [2.45, 2.75) is 33.1 Å². The molecule has 110 valence electrons. The van der Waals surface area contributed by atoms with Gasteiger partial charge in [0.1, 0.15) is 5.82 Å². The number of allylic oxidation sites excluding steroid dienone is 2. The van der Waals surface area contributed by atoms with Gasteiger partial charge >= 0.3 is 0 Å². The van der Waals surface area contributed by atoms with Gasteiger partial charge in [-0.1, -0.05) is 11.2 Å². The van der Waals surface area contributed by atoms with Gasteiger partial charge in [0, 0.05) is 30.4 Å². The van der Waals surface area contributed by atoms with Gasteiger partial charge in [-0.15, -0.1) is 0 Å². The Morgan fingerprint density at radius 2 is 2.05 bits per heavy atom. The molecular weight excluding hydrogens is 264 g/mol. The molecule has 1 aliphatic rings. The third-order valence-corrected chi connectivity index (χ3v) is 3.88. The van der Waals surface area contributed by atoms with Gasteiger partial charge in [-0.25, -0.2) is 4.98 Å². The SMILES string of the molecule is C/C=C(\C)c1nc(-c2ccc(N3CCCCC3)nc2)no1. The standard InChI is InChI=1S/C16H20N4O/c1-3-12(2)16-18-15(19-21-16)13-7-8-14(17-11-13)20-9-5-4-6-10-20/h3,7-8,11H,4-6,9-10H2,1-2H3/b12-3+. The molecule has 0 N–H and O–H groups in total. The maximum atomic E-state index is 5.25. The van der Waals surface area contributed by atoms with E-state index in [1.807, 2.05) is 38.3 Å². The zero-order valence-corrected chi connectivity index (χ0v) is 12.5. The largest absolute Gasteiger partial charge is 0.357 e. The number of rotatable bonds is 3. The van der Waals surface area contributed by atoms with Crippen molar-refractivity contribution in [2.75, 3.05) is 18.0 Å². The number of piperidine rings is 1. The van der Waals surface area contributed by atoms with E-state index in [0.717, 1.165) is 30.0 Å². The molecule has 0 amide bonds. The van der Waals surface area contributed by atoms with Crippen LogP contribution in [0.4, 0.5) is 5.82 Å². The van der Waals surface area contributed by atoms with E-state index in [9.17, 15) is 0 Å². The highest BCUT2D eigenvalue weighted by molar-refractivity contribution is 5.60. The number of aromatic nitrogens is 3. The molecule has 21 heavy (non-hydrogen) atoms. The van der Waals surface area contributed by atoms with Gasteiger partial charge in [0.2, 0.25) is 5.82 Å². The Kier molecular flexibility index (Phi) is 3.99. The number of hydrogen-bond acceptors (Lipinski definition) is 5. The fourth-order valence-corrected chi connectivity index (χ4v) is 2.45. The van der Waals surface area contributed by atoms with Crippen molar-refractivity contribution < 1.29 is 4.52 Å². The molecule has 2 aromatic rings. The molecule has 5 nitrogen and oxygen atoms in total. The van der Waals surface area contributed by atoms with E-state index >= 15 is 0 Å². The Bertz CT molecular complexity index is 624. The lowest BCUT2D eigenvalue weighted by Crippen LogP contribution is -2.29. The van der Waals surface area contributed by atoms with Crippen LogP contribution in [-0.2, 0) is 0 Å². The van der Waals surface area contributed by atoms with Gasteiger partial charge in [-0.3, -0.25) is 0 Å². The van der Waals surface area contributed by atoms with Crippen LogP contribution in [0, 0.1) is 0 Å². The summed E-state index contributed by atoms with van der Waals surface area (Å²) in [5, 5.41) is 4.02. The van der Waals surface area contributed by atoms with Crippen LogP contribution in [0.25, 0.3) is 17.0 Å². The van der Waals surface area contributed by atoms with Gasteiger partial charge in [0.25, 0.3) is 5.89 Å². The summed E-state index contributed by atoms with van der Waals surface area (Å²) in [6.45, 7) is 6.10. The first-order valence-electron chi connectivity index (χ1n) is 7.46. The molecule has 0 spiro atoms. The van der Waals surface area contributed by atoms with E-state index < -0.39 is 0 Å². The molecule has 3 rings (SSSR count). The summed E-state index contributed by atoms with van der Waals surface area (Å²) in [5.41, 5.74) is 1.86. The average Bonchev–Trinajstić information content (AvgIpc) is 3.05. The smallest absolute Gasteiger partial charge is 0.253 e. The average molecular weight is 284 g/mol. The molecule has 0 radical (unpaired) electrons. The summed E-state index contributed by atoms with van der Waals surface area (Å²) in [6, 6.07) is 4.05. The first-order valence-corrected chi connectivity index (χ1v) is 7.46. The minimum Gasteiger partial charge on any atom is -0.357 e. The lowest BCUT2D eigenvalue weighted by molar-refractivity contribution is 0.408. The van der Waals surface area contributed by atoms with E-state index in [4.69, 9.17) is 4.52 Å². The zero-order chi connectivity index (χ0) is 14.7. The van der Waals surface area contributed by atoms with Gasteiger partial charge < -0.3 is 9.42 Å². The maximum Gasteiger partial charge on any atom is 0.253 e. The van der Waals surface area contributed by atoms with Crippen LogP contribution in [0.2, 0.25) is 0 Å². The lowest BCUT2D eigenvalue weighted by atomic mass is 10.1. The summed E-state index contributed by atoms with van der Waals surface area (Å²) < 4.78 is 5.25. The zero-order valence-electron chi connectivity index (χ0n) is 12.5. The van der Waals surface area contributed by atoms with Crippen molar-refractivity contribution in [1.82, 2.24) is 15.1 Å². The highest BCUT2D eigenvalue weighted by Gasteiger charge is 2.14. The van der Waals surface area contributed by atoms with Crippen molar-refractivity contribution in [3.8, 4) is 11.4 Å². The number of hydrogen-bond donors (Lipinski definition) is 0. The highest BCUT2D eigenvalue weighted by atomic mass is 16.5. The Morgan fingerprint density at radius 1 is 1.24 bits per heavy atom. The summed E-state index contributed by atoms with van der Waals surface area (Å²) >= 11 is 0. The van der Waals surface area contributed by atoms with Crippen LogP contribution in [0.3, 0.4) is 0 Å². The predicted molar refractivity (Wildman–Crippen MR) is 82.9 cm³/mol. The number of pyridine rings is 1.